The van der Waals surface area contributed by atoms with Crippen molar-refractivity contribution in [2.45, 2.75) is 56.4 Å². The van der Waals surface area contributed by atoms with Crippen molar-refractivity contribution in [1.29, 1.82) is 0 Å². The van der Waals surface area contributed by atoms with Crippen LogP contribution in [0, 0.1) is 0 Å². The van der Waals surface area contributed by atoms with Gasteiger partial charge in [0.25, 0.3) is 0 Å². The van der Waals surface area contributed by atoms with Gasteiger partial charge in [0.1, 0.15) is 0 Å². The monoisotopic (exact) mass is 391 g/mol. The van der Waals surface area contributed by atoms with Crippen LogP contribution in [0.4, 0.5) is 0 Å². The molecule has 1 aromatic heterocycles. The number of aromatic nitrogens is 2. The number of rotatable bonds is 4. The van der Waals surface area contributed by atoms with Crippen LogP contribution in [0.5, 0.6) is 0 Å². The first-order chi connectivity index (χ1) is 9.04. The second kappa shape index (κ2) is 6.72. The van der Waals surface area contributed by atoms with E-state index < -0.39 is 0 Å². The van der Waals surface area contributed by atoms with Gasteiger partial charge in [0, 0.05) is 24.5 Å². The molecule has 19 heavy (non-hydrogen) atoms. The fraction of sp³-hybridized carbons (Fsp3) is 0.786. The molecule has 0 saturated heterocycles. The van der Waals surface area contributed by atoms with Gasteiger partial charge in [-0.3, -0.25) is 9.58 Å². The van der Waals surface area contributed by atoms with Gasteiger partial charge >= 0.3 is 0 Å². The Hall–Kier alpha value is 0.130. The van der Waals surface area contributed by atoms with Gasteiger partial charge in [-0.15, -0.1) is 0 Å². The number of hydrogen-bond acceptors (Lipinski definition) is 2. The van der Waals surface area contributed by atoms with Crippen LogP contribution in [0.15, 0.2) is 4.47 Å². The average molecular weight is 393 g/mol. The summed E-state index contributed by atoms with van der Waals surface area (Å²) in [6.07, 6.45) is 6.27. The van der Waals surface area contributed by atoms with Gasteiger partial charge in [0.05, 0.1) is 15.9 Å². The Morgan fingerprint density at radius 2 is 2.05 bits per heavy atom. The molecular formula is C14H23Br2N3. The van der Waals surface area contributed by atoms with Gasteiger partial charge in [0.2, 0.25) is 0 Å². The summed E-state index contributed by atoms with van der Waals surface area (Å²) < 4.78 is 3.21. The molecule has 2 atom stereocenters. The van der Waals surface area contributed by atoms with Crippen LogP contribution in [0.2, 0.25) is 0 Å². The third kappa shape index (κ3) is 3.42. The van der Waals surface area contributed by atoms with Crippen LogP contribution in [-0.2, 0) is 20.0 Å². The summed E-state index contributed by atoms with van der Waals surface area (Å²) in [6, 6.07) is 0.639. The van der Waals surface area contributed by atoms with Crippen LogP contribution < -0.4 is 0 Å². The molecule has 0 aromatic carbocycles. The summed E-state index contributed by atoms with van der Waals surface area (Å²) >= 11 is 7.56. The summed E-state index contributed by atoms with van der Waals surface area (Å²) in [5.41, 5.74) is 2.44. The Kier molecular flexibility index (Phi) is 5.49. The molecule has 0 amide bonds. The minimum atomic E-state index is 0.629. The quantitative estimate of drug-likeness (QED) is 0.725. The molecule has 3 nitrogen and oxygen atoms in total. The average Bonchev–Trinajstić information content (AvgIpc) is 2.66. The molecule has 0 spiro atoms. The molecule has 1 aromatic rings. The molecule has 1 heterocycles. The van der Waals surface area contributed by atoms with Gasteiger partial charge in [-0.1, -0.05) is 35.7 Å². The van der Waals surface area contributed by atoms with E-state index in [1.807, 2.05) is 11.7 Å². The summed E-state index contributed by atoms with van der Waals surface area (Å²) in [5.74, 6) is 0. The van der Waals surface area contributed by atoms with Gasteiger partial charge in [-0.25, -0.2) is 0 Å². The van der Waals surface area contributed by atoms with Crippen molar-refractivity contribution in [2.75, 3.05) is 7.05 Å². The number of hydrogen-bond donors (Lipinski definition) is 0. The van der Waals surface area contributed by atoms with Gasteiger partial charge in [-0.05, 0) is 42.2 Å². The lowest BCUT2D eigenvalue weighted by atomic mass is 9.94. The zero-order chi connectivity index (χ0) is 14.0. The highest BCUT2D eigenvalue weighted by Gasteiger charge is 2.27. The van der Waals surface area contributed by atoms with Crippen LogP contribution in [-0.4, -0.2) is 32.6 Å². The standard InChI is InChI=1S/C14H23Br2N3/c1-4-11-14(16)13(19(3)17-11)9-18(2)12-8-6-5-7-10(12)15/h10,12H,4-9H2,1-3H3. The second-order valence-corrected chi connectivity index (χ2v) is 7.44. The van der Waals surface area contributed by atoms with Crippen molar-refractivity contribution in [2.24, 2.45) is 7.05 Å². The highest BCUT2D eigenvalue weighted by Crippen LogP contribution is 2.30. The van der Waals surface area contributed by atoms with Gasteiger partial charge in [-0.2, -0.15) is 5.10 Å². The first-order valence-corrected chi connectivity index (χ1v) is 8.80. The third-order valence-electron chi connectivity index (χ3n) is 4.12. The van der Waals surface area contributed by atoms with Crippen molar-refractivity contribution in [3.63, 3.8) is 0 Å². The number of alkyl halides is 1. The van der Waals surface area contributed by atoms with Crippen LogP contribution in [0.1, 0.15) is 44.0 Å². The second-order valence-electron chi connectivity index (χ2n) is 5.47. The molecule has 0 N–H and O–H groups in total. The van der Waals surface area contributed by atoms with Gasteiger partial charge in [0.15, 0.2) is 0 Å². The summed E-state index contributed by atoms with van der Waals surface area (Å²) in [5, 5.41) is 4.58. The van der Waals surface area contributed by atoms with Crippen molar-refractivity contribution in [3.8, 4) is 0 Å². The molecule has 0 aliphatic heterocycles. The van der Waals surface area contributed by atoms with Crippen molar-refractivity contribution in [1.82, 2.24) is 14.7 Å². The lowest BCUT2D eigenvalue weighted by Gasteiger charge is -2.35. The molecule has 2 unspecified atom stereocenters. The van der Waals surface area contributed by atoms with Crippen molar-refractivity contribution in [3.05, 3.63) is 15.9 Å². The van der Waals surface area contributed by atoms with Gasteiger partial charge < -0.3 is 0 Å². The summed E-state index contributed by atoms with van der Waals surface area (Å²) in [6.45, 7) is 3.10. The maximum Gasteiger partial charge on any atom is 0.0767 e. The van der Waals surface area contributed by atoms with E-state index >= 15 is 0 Å². The van der Waals surface area contributed by atoms with E-state index in [2.05, 4.69) is 55.8 Å². The van der Waals surface area contributed by atoms with E-state index in [9.17, 15) is 0 Å². The zero-order valence-electron chi connectivity index (χ0n) is 12.0. The fourth-order valence-corrected chi connectivity index (χ4v) is 4.64. The molecular weight excluding hydrogens is 370 g/mol. The predicted molar refractivity (Wildman–Crippen MR) is 86.7 cm³/mol. The highest BCUT2D eigenvalue weighted by atomic mass is 79.9. The van der Waals surface area contributed by atoms with E-state index in [0.717, 1.165) is 18.7 Å². The number of nitrogens with zero attached hydrogens (tertiary/aromatic N) is 3. The molecule has 1 saturated carbocycles. The van der Waals surface area contributed by atoms with E-state index in [1.54, 1.807) is 0 Å². The number of aryl methyl sites for hydroxylation is 2. The van der Waals surface area contributed by atoms with Crippen LogP contribution in [0.25, 0.3) is 0 Å². The largest absolute Gasteiger partial charge is 0.296 e. The molecule has 0 bridgehead atoms. The summed E-state index contributed by atoms with van der Waals surface area (Å²) in [4.78, 5) is 3.10. The topological polar surface area (TPSA) is 21.1 Å². The Balaban J connectivity index is 2.10. The first kappa shape index (κ1) is 15.5. The smallest absolute Gasteiger partial charge is 0.0767 e. The van der Waals surface area contributed by atoms with E-state index in [-0.39, 0.29) is 0 Å². The van der Waals surface area contributed by atoms with Crippen LogP contribution in [0.3, 0.4) is 0 Å². The maximum atomic E-state index is 4.58. The number of halogens is 2. The molecule has 1 fully saturated rings. The van der Waals surface area contributed by atoms with E-state index in [0.29, 0.717) is 10.9 Å². The van der Waals surface area contributed by atoms with Crippen LogP contribution >= 0.6 is 31.9 Å². The molecule has 1 aliphatic rings. The summed E-state index contributed by atoms with van der Waals surface area (Å²) in [7, 11) is 4.27. The molecule has 2 rings (SSSR count). The first-order valence-electron chi connectivity index (χ1n) is 7.09. The Morgan fingerprint density at radius 3 is 2.63 bits per heavy atom. The lowest BCUT2D eigenvalue weighted by Crippen LogP contribution is -2.40. The Labute approximate surface area is 133 Å². The fourth-order valence-electron chi connectivity index (χ4n) is 2.91. The van der Waals surface area contributed by atoms with Crippen molar-refractivity contribution < 1.29 is 0 Å². The van der Waals surface area contributed by atoms with E-state index in [1.165, 1.54) is 35.8 Å². The highest BCUT2D eigenvalue weighted by molar-refractivity contribution is 9.10. The predicted octanol–water partition coefficient (Wildman–Crippen LogP) is 3.88. The molecule has 1 aliphatic carbocycles. The van der Waals surface area contributed by atoms with E-state index in [4.69, 9.17) is 0 Å². The molecule has 5 heteroatoms. The lowest BCUT2D eigenvalue weighted by molar-refractivity contribution is 0.188. The minimum Gasteiger partial charge on any atom is -0.296 e. The molecule has 0 radical (unpaired) electrons. The third-order valence-corrected chi connectivity index (χ3v) is 6.10. The Bertz CT molecular complexity index is 431. The zero-order valence-corrected chi connectivity index (χ0v) is 15.2. The normalized spacial score (nSPS) is 24.1. The SMILES string of the molecule is CCc1nn(C)c(CN(C)C2CCCCC2Br)c1Br. The Morgan fingerprint density at radius 1 is 1.37 bits per heavy atom. The molecule has 108 valence electrons. The van der Waals surface area contributed by atoms with Crippen molar-refractivity contribution >= 4 is 31.9 Å². The minimum absolute atomic E-state index is 0.629. The maximum absolute atomic E-state index is 4.58.